The largest absolute Gasteiger partial charge is 0.320 e. The molecular formula is C14H17FN2S. The number of thiazole rings is 1. The number of rotatable bonds is 3. The first-order chi connectivity index (χ1) is 8.44. The SMILES string of the molecule is CCC(C)(N)c1nc(-c2ccc(F)cc2)c(C)s1. The molecule has 2 aromatic rings. The van der Waals surface area contributed by atoms with E-state index in [1.165, 1.54) is 12.1 Å². The van der Waals surface area contributed by atoms with E-state index in [0.717, 1.165) is 27.6 Å². The molecular weight excluding hydrogens is 247 g/mol. The highest BCUT2D eigenvalue weighted by Crippen LogP contribution is 2.33. The summed E-state index contributed by atoms with van der Waals surface area (Å²) in [7, 11) is 0. The molecule has 2 N–H and O–H groups in total. The summed E-state index contributed by atoms with van der Waals surface area (Å²) < 4.78 is 12.9. The Morgan fingerprint density at radius 1 is 1.33 bits per heavy atom. The molecule has 2 nitrogen and oxygen atoms in total. The Labute approximate surface area is 111 Å². The Hall–Kier alpha value is -1.26. The first kappa shape index (κ1) is 13.2. The lowest BCUT2D eigenvalue weighted by atomic mass is 10.0. The lowest BCUT2D eigenvalue weighted by Gasteiger charge is -2.18. The fraction of sp³-hybridized carbons (Fsp3) is 0.357. The van der Waals surface area contributed by atoms with Gasteiger partial charge in [0.1, 0.15) is 10.8 Å². The fourth-order valence-electron chi connectivity index (χ4n) is 1.67. The van der Waals surface area contributed by atoms with Crippen molar-refractivity contribution >= 4 is 11.3 Å². The van der Waals surface area contributed by atoms with Crippen molar-refractivity contribution in [3.63, 3.8) is 0 Å². The Morgan fingerprint density at radius 3 is 2.50 bits per heavy atom. The maximum absolute atomic E-state index is 12.9. The lowest BCUT2D eigenvalue weighted by molar-refractivity contribution is 0.474. The molecule has 1 aromatic carbocycles. The zero-order valence-corrected chi connectivity index (χ0v) is 11.6. The summed E-state index contributed by atoms with van der Waals surface area (Å²) in [6.45, 7) is 6.06. The summed E-state index contributed by atoms with van der Waals surface area (Å²) in [5.41, 5.74) is 7.65. The van der Waals surface area contributed by atoms with Crippen molar-refractivity contribution < 1.29 is 4.39 Å². The molecule has 1 atom stereocenters. The molecule has 0 radical (unpaired) electrons. The summed E-state index contributed by atoms with van der Waals surface area (Å²) in [6.07, 6.45) is 0.836. The van der Waals surface area contributed by atoms with Crippen LogP contribution in [0.1, 0.15) is 30.2 Å². The Morgan fingerprint density at radius 2 is 1.94 bits per heavy atom. The maximum Gasteiger partial charge on any atom is 0.123 e. The fourth-order valence-corrected chi connectivity index (χ4v) is 2.73. The maximum atomic E-state index is 12.9. The van der Waals surface area contributed by atoms with Gasteiger partial charge in [-0.15, -0.1) is 11.3 Å². The Balaban J connectivity index is 2.44. The summed E-state index contributed by atoms with van der Waals surface area (Å²) in [6, 6.07) is 6.41. The number of nitrogens with two attached hydrogens (primary N) is 1. The van der Waals surface area contributed by atoms with E-state index in [2.05, 4.69) is 4.98 Å². The van der Waals surface area contributed by atoms with Gasteiger partial charge in [-0.05, 0) is 44.5 Å². The molecule has 0 fully saturated rings. The van der Waals surface area contributed by atoms with E-state index >= 15 is 0 Å². The van der Waals surface area contributed by atoms with E-state index in [1.54, 1.807) is 23.5 Å². The van der Waals surface area contributed by atoms with E-state index in [-0.39, 0.29) is 5.82 Å². The summed E-state index contributed by atoms with van der Waals surface area (Å²) in [5, 5.41) is 0.932. The Bertz CT molecular complexity index is 543. The van der Waals surface area contributed by atoms with Crippen molar-refractivity contribution in [3.05, 3.63) is 40.0 Å². The number of aromatic nitrogens is 1. The molecule has 0 amide bonds. The molecule has 0 aliphatic rings. The van der Waals surface area contributed by atoms with Gasteiger partial charge >= 0.3 is 0 Å². The van der Waals surface area contributed by atoms with Crippen molar-refractivity contribution in [1.82, 2.24) is 4.98 Å². The van der Waals surface area contributed by atoms with Gasteiger partial charge in [0.15, 0.2) is 0 Å². The summed E-state index contributed by atoms with van der Waals surface area (Å²) in [4.78, 5) is 5.74. The van der Waals surface area contributed by atoms with Gasteiger partial charge in [-0.3, -0.25) is 0 Å². The molecule has 0 spiro atoms. The van der Waals surface area contributed by atoms with E-state index in [4.69, 9.17) is 5.73 Å². The van der Waals surface area contributed by atoms with Gasteiger partial charge in [-0.1, -0.05) is 6.92 Å². The van der Waals surface area contributed by atoms with Gasteiger partial charge in [0.2, 0.25) is 0 Å². The monoisotopic (exact) mass is 264 g/mol. The Kier molecular flexibility index (Phi) is 3.50. The smallest absolute Gasteiger partial charge is 0.123 e. The number of nitrogens with zero attached hydrogens (tertiary/aromatic N) is 1. The summed E-state index contributed by atoms with van der Waals surface area (Å²) in [5.74, 6) is -0.232. The van der Waals surface area contributed by atoms with Gasteiger partial charge in [0.05, 0.1) is 11.2 Å². The van der Waals surface area contributed by atoms with Crippen LogP contribution in [-0.2, 0) is 5.54 Å². The first-order valence-corrected chi connectivity index (χ1v) is 6.78. The predicted molar refractivity (Wildman–Crippen MR) is 74.1 cm³/mol. The van der Waals surface area contributed by atoms with Crippen LogP contribution in [-0.4, -0.2) is 4.98 Å². The average Bonchev–Trinajstić information content (AvgIpc) is 2.73. The zero-order valence-electron chi connectivity index (χ0n) is 10.8. The van der Waals surface area contributed by atoms with E-state index in [1.807, 2.05) is 20.8 Å². The minimum atomic E-state index is -0.395. The molecule has 1 heterocycles. The van der Waals surface area contributed by atoms with Gasteiger partial charge in [-0.25, -0.2) is 9.37 Å². The minimum Gasteiger partial charge on any atom is -0.320 e. The molecule has 0 aliphatic carbocycles. The molecule has 2 rings (SSSR count). The highest BCUT2D eigenvalue weighted by Gasteiger charge is 2.24. The van der Waals surface area contributed by atoms with Crippen LogP contribution in [0.15, 0.2) is 24.3 Å². The molecule has 96 valence electrons. The van der Waals surface area contributed by atoms with E-state index < -0.39 is 5.54 Å². The van der Waals surface area contributed by atoms with Gasteiger partial charge in [0, 0.05) is 10.4 Å². The van der Waals surface area contributed by atoms with Crippen LogP contribution >= 0.6 is 11.3 Å². The third kappa shape index (κ3) is 2.44. The first-order valence-electron chi connectivity index (χ1n) is 5.97. The van der Waals surface area contributed by atoms with Crippen molar-refractivity contribution in [2.45, 2.75) is 32.7 Å². The molecule has 0 saturated carbocycles. The second-order valence-corrected chi connectivity index (χ2v) is 5.90. The van der Waals surface area contributed by atoms with Crippen molar-refractivity contribution in [2.75, 3.05) is 0 Å². The van der Waals surface area contributed by atoms with Crippen LogP contribution in [0.3, 0.4) is 0 Å². The lowest BCUT2D eigenvalue weighted by Crippen LogP contribution is -2.31. The van der Waals surface area contributed by atoms with Crippen LogP contribution in [0.4, 0.5) is 4.39 Å². The number of hydrogen-bond donors (Lipinski definition) is 1. The quantitative estimate of drug-likeness (QED) is 0.914. The van der Waals surface area contributed by atoms with Gasteiger partial charge in [-0.2, -0.15) is 0 Å². The number of aryl methyl sites for hydroxylation is 1. The van der Waals surface area contributed by atoms with Gasteiger partial charge < -0.3 is 5.73 Å². The third-order valence-electron chi connectivity index (χ3n) is 3.14. The molecule has 1 aromatic heterocycles. The molecule has 1 unspecified atom stereocenters. The molecule has 0 bridgehead atoms. The highest BCUT2D eigenvalue weighted by atomic mass is 32.1. The predicted octanol–water partition coefficient (Wildman–Crippen LogP) is 3.84. The zero-order chi connectivity index (χ0) is 13.3. The average molecular weight is 264 g/mol. The van der Waals surface area contributed by atoms with E-state index in [9.17, 15) is 4.39 Å². The van der Waals surface area contributed by atoms with Crippen LogP contribution < -0.4 is 5.73 Å². The van der Waals surface area contributed by atoms with E-state index in [0.29, 0.717) is 0 Å². The molecule has 18 heavy (non-hydrogen) atoms. The van der Waals surface area contributed by atoms with Crippen LogP contribution in [0.2, 0.25) is 0 Å². The third-order valence-corrected chi connectivity index (χ3v) is 4.39. The van der Waals surface area contributed by atoms with Gasteiger partial charge in [0.25, 0.3) is 0 Å². The molecule has 0 aliphatic heterocycles. The number of halogens is 1. The molecule has 0 saturated heterocycles. The van der Waals surface area contributed by atoms with Crippen molar-refractivity contribution in [3.8, 4) is 11.3 Å². The van der Waals surface area contributed by atoms with Crippen molar-refractivity contribution in [2.24, 2.45) is 5.73 Å². The number of hydrogen-bond acceptors (Lipinski definition) is 3. The topological polar surface area (TPSA) is 38.9 Å². The standard InChI is InChI=1S/C14H17FN2S/c1-4-14(3,16)13-17-12(9(2)18-13)10-5-7-11(15)8-6-10/h5-8H,4,16H2,1-3H3. The molecule has 4 heteroatoms. The van der Waals surface area contributed by atoms with Crippen molar-refractivity contribution in [1.29, 1.82) is 0 Å². The second kappa shape index (κ2) is 4.78. The van der Waals surface area contributed by atoms with Crippen LogP contribution in [0.25, 0.3) is 11.3 Å². The second-order valence-electron chi connectivity index (χ2n) is 4.70. The number of benzene rings is 1. The summed E-state index contributed by atoms with van der Waals surface area (Å²) >= 11 is 1.62. The van der Waals surface area contributed by atoms with Crippen LogP contribution in [0, 0.1) is 12.7 Å². The normalized spacial score (nSPS) is 14.5. The highest BCUT2D eigenvalue weighted by molar-refractivity contribution is 7.12. The minimum absolute atomic E-state index is 0.232. The van der Waals surface area contributed by atoms with Crippen LogP contribution in [0.5, 0.6) is 0 Å².